The number of anilines is 2. The van der Waals surface area contributed by atoms with E-state index in [0.29, 0.717) is 34.8 Å². The molecule has 1 aliphatic heterocycles. The molecule has 0 amide bonds. The van der Waals surface area contributed by atoms with Crippen molar-refractivity contribution in [1.82, 2.24) is 39.8 Å². The van der Waals surface area contributed by atoms with Crippen molar-refractivity contribution in [3.8, 4) is 17.4 Å². The molecule has 1 unspecified atom stereocenters. The summed E-state index contributed by atoms with van der Waals surface area (Å²) >= 11 is 0. The number of nitrogens with zero attached hydrogens (tertiary/aromatic N) is 7. The van der Waals surface area contributed by atoms with Gasteiger partial charge in [-0.3, -0.25) is 4.57 Å². The molecule has 0 spiro atoms. The molecule has 4 aromatic heterocycles. The summed E-state index contributed by atoms with van der Waals surface area (Å²) in [6.45, 7) is 4.87. The standard InChI is InChI=1S/C27H25F4N9O/c1-14-3-5-23(37-36-14)34-19-10-18-21(11-22(19)41-16-7-8-32-12-16)39(13-33-18)24-6-4-17(25(28)29)27(35-24)40-15(2)9-20(38-40)26(30)31/h3-6,9-11,13,16,25-26,32H,7-8,12H2,1-2H3,(H,34,37). The highest BCUT2D eigenvalue weighted by Gasteiger charge is 2.23. The molecule has 41 heavy (non-hydrogen) atoms. The Bertz CT molecular complexity index is 1700. The van der Waals surface area contributed by atoms with Gasteiger partial charge in [-0.15, -0.1) is 5.10 Å². The van der Waals surface area contributed by atoms with Crippen LogP contribution < -0.4 is 15.4 Å². The van der Waals surface area contributed by atoms with Crippen LogP contribution in [-0.4, -0.2) is 53.7 Å². The van der Waals surface area contributed by atoms with E-state index in [1.807, 2.05) is 13.0 Å². The molecule has 212 valence electrons. The van der Waals surface area contributed by atoms with E-state index in [-0.39, 0.29) is 23.4 Å². The summed E-state index contributed by atoms with van der Waals surface area (Å²) in [6.07, 6.45) is -3.48. The van der Waals surface area contributed by atoms with Gasteiger partial charge in [-0.05, 0) is 63.2 Å². The first-order chi connectivity index (χ1) is 19.8. The number of aryl methyl sites for hydroxylation is 2. The summed E-state index contributed by atoms with van der Waals surface area (Å²) in [7, 11) is 0. The predicted molar refractivity (Wildman–Crippen MR) is 143 cm³/mol. The van der Waals surface area contributed by atoms with Crippen LogP contribution >= 0.6 is 0 Å². The molecular weight excluding hydrogens is 542 g/mol. The Morgan fingerprint density at radius 1 is 1.02 bits per heavy atom. The number of imidazole rings is 1. The minimum absolute atomic E-state index is 0.0599. The smallest absolute Gasteiger partial charge is 0.282 e. The van der Waals surface area contributed by atoms with Crippen molar-refractivity contribution >= 4 is 22.5 Å². The summed E-state index contributed by atoms with van der Waals surface area (Å²) in [5.41, 5.74) is 1.86. The van der Waals surface area contributed by atoms with Crippen molar-refractivity contribution in [3.63, 3.8) is 0 Å². The second-order valence-electron chi connectivity index (χ2n) is 9.68. The van der Waals surface area contributed by atoms with Crippen molar-refractivity contribution in [1.29, 1.82) is 0 Å². The van der Waals surface area contributed by atoms with Gasteiger partial charge in [0.1, 0.15) is 29.7 Å². The van der Waals surface area contributed by atoms with Crippen LogP contribution in [0.25, 0.3) is 22.7 Å². The molecule has 14 heteroatoms. The fourth-order valence-electron chi connectivity index (χ4n) is 4.67. The largest absolute Gasteiger partial charge is 0.487 e. The van der Waals surface area contributed by atoms with E-state index in [4.69, 9.17) is 4.74 Å². The van der Waals surface area contributed by atoms with E-state index in [2.05, 4.69) is 35.9 Å². The number of hydrogen-bond donors (Lipinski definition) is 2. The Hall–Kier alpha value is -4.59. The zero-order valence-electron chi connectivity index (χ0n) is 22.0. The Morgan fingerprint density at radius 3 is 2.56 bits per heavy atom. The van der Waals surface area contributed by atoms with Crippen LogP contribution in [0, 0.1) is 13.8 Å². The van der Waals surface area contributed by atoms with E-state index in [1.54, 1.807) is 22.8 Å². The van der Waals surface area contributed by atoms with Gasteiger partial charge < -0.3 is 15.4 Å². The predicted octanol–water partition coefficient (Wildman–Crippen LogP) is 5.37. The molecule has 1 aromatic carbocycles. The summed E-state index contributed by atoms with van der Waals surface area (Å²) in [5, 5.41) is 18.6. The molecule has 1 saturated heterocycles. The number of benzene rings is 1. The van der Waals surface area contributed by atoms with Gasteiger partial charge >= 0.3 is 0 Å². The fourth-order valence-corrected chi connectivity index (χ4v) is 4.67. The highest BCUT2D eigenvalue weighted by atomic mass is 19.3. The lowest BCUT2D eigenvalue weighted by molar-refractivity contribution is 0.145. The molecule has 10 nitrogen and oxygen atoms in total. The van der Waals surface area contributed by atoms with Gasteiger partial charge in [-0.2, -0.15) is 10.2 Å². The van der Waals surface area contributed by atoms with E-state index in [0.717, 1.165) is 29.4 Å². The van der Waals surface area contributed by atoms with Gasteiger partial charge in [0.05, 0.1) is 28.0 Å². The van der Waals surface area contributed by atoms with E-state index >= 15 is 0 Å². The zero-order valence-corrected chi connectivity index (χ0v) is 22.0. The van der Waals surface area contributed by atoms with Gasteiger partial charge in [0.15, 0.2) is 11.6 Å². The Morgan fingerprint density at radius 2 is 1.88 bits per heavy atom. The molecule has 1 aliphatic rings. The molecule has 5 aromatic rings. The quantitative estimate of drug-likeness (QED) is 0.241. The number of alkyl halides is 4. The van der Waals surface area contributed by atoms with Crippen LogP contribution in [0.15, 0.2) is 48.8 Å². The van der Waals surface area contributed by atoms with E-state index in [1.165, 1.54) is 25.4 Å². The molecule has 0 radical (unpaired) electrons. The monoisotopic (exact) mass is 567 g/mol. The van der Waals surface area contributed by atoms with Crippen LogP contribution in [0.2, 0.25) is 0 Å². The van der Waals surface area contributed by atoms with Crippen molar-refractivity contribution in [3.05, 3.63) is 71.4 Å². The van der Waals surface area contributed by atoms with Crippen LogP contribution in [0.1, 0.15) is 41.9 Å². The van der Waals surface area contributed by atoms with Crippen LogP contribution in [0.5, 0.6) is 5.75 Å². The number of hydrogen-bond acceptors (Lipinski definition) is 8. The summed E-state index contributed by atoms with van der Waals surface area (Å²) in [4.78, 5) is 8.93. The number of rotatable bonds is 8. The van der Waals surface area contributed by atoms with Gasteiger partial charge in [0.2, 0.25) is 0 Å². The van der Waals surface area contributed by atoms with Gasteiger partial charge in [-0.25, -0.2) is 32.2 Å². The first kappa shape index (κ1) is 26.6. The van der Waals surface area contributed by atoms with Gasteiger partial charge in [-0.1, -0.05) is 0 Å². The minimum atomic E-state index is -2.90. The molecule has 0 bridgehead atoms. The van der Waals surface area contributed by atoms with Crippen molar-refractivity contribution in [2.24, 2.45) is 0 Å². The highest BCUT2D eigenvalue weighted by molar-refractivity contribution is 5.86. The number of nitrogens with one attached hydrogen (secondary N) is 2. The lowest BCUT2D eigenvalue weighted by Gasteiger charge is -2.18. The Labute approximate surface area is 231 Å². The first-order valence-electron chi connectivity index (χ1n) is 12.9. The maximum absolute atomic E-state index is 13.9. The highest BCUT2D eigenvalue weighted by Crippen LogP contribution is 2.35. The minimum Gasteiger partial charge on any atom is -0.487 e. The number of pyridine rings is 1. The Kier molecular flexibility index (Phi) is 6.99. The molecular formula is C27H25F4N9O. The van der Waals surface area contributed by atoms with Crippen molar-refractivity contribution < 1.29 is 22.3 Å². The second-order valence-corrected chi connectivity index (χ2v) is 9.68. The first-order valence-corrected chi connectivity index (χ1v) is 12.9. The summed E-state index contributed by atoms with van der Waals surface area (Å²) in [6, 6.07) is 11.0. The third-order valence-electron chi connectivity index (χ3n) is 6.72. The summed E-state index contributed by atoms with van der Waals surface area (Å²) in [5.74, 6) is 1.06. The van der Waals surface area contributed by atoms with E-state index < -0.39 is 24.1 Å². The number of halogens is 4. The second kappa shape index (κ2) is 10.8. The molecule has 0 aliphatic carbocycles. The zero-order chi connectivity index (χ0) is 28.7. The lowest BCUT2D eigenvalue weighted by atomic mass is 10.2. The maximum Gasteiger partial charge on any atom is 0.282 e. The van der Waals surface area contributed by atoms with E-state index in [9.17, 15) is 17.6 Å². The van der Waals surface area contributed by atoms with Gasteiger partial charge in [0.25, 0.3) is 12.9 Å². The average molecular weight is 568 g/mol. The lowest BCUT2D eigenvalue weighted by Crippen LogP contribution is -2.20. The van der Waals surface area contributed by atoms with Crippen molar-refractivity contribution in [2.45, 2.75) is 39.2 Å². The van der Waals surface area contributed by atoms with Crippen LogP contribution in [0.3, 0.4) is 0 Å². The molecule has 1 atom stereocenters. The van der Waals surface area contributed by atoms with Crippen LogP contribution in [-0.2, 0) is 0 Å². The molecule has 2 N–H and O–H groups in total. The number of fused-ring (bicyclic) bond motifs is 1. The van der Waals surface area contributed by atoms with Gasteiger partial charge in [0, 0.05) is 18.3 Å². The third-order valence-corrected chi connectivity index (χ3v) is 6.72. The topological polar surface area (TPSA) is 108 Å². The fraction of sp³-hybridized carbons (Fsp3) is 0.296. The number of ether oxygens (including phenoxy) is 1. The summed E-state index contributed by atoms with van der Waals surface area (Å²) < 4.78 is 63.5. The third kappa shape index (κ3) is 5.29. The normalized spacial score (nSPS) is 15.4. The molecule has 5 heterocycles. The molecule has 0 saturated carbocycles. The SMILES string of the molecule is Cc1ccc(Nc2cc3ncn(-c4ccc(C(F)F)c(-n5nc(C(F)F)cc5C)n4)c3cc2OC2CCNC2)nn1. The average Bonchev–Trinajstić information content (AvgIpc) is 3.70. The molecule has 1 fully saturated rings. The Balaban J connectivity index is 1.45. The number of aromatic nitrogens is 7. The maximum atomic E-state index is 13.9. The molecule has 6 rings (SSSR count). The van der Waals surface area contributed by atoms with Crippen LogP contribution in [0.4, 0.5) is 29.1 Å². The van der Waals surface area contributed by atoms with Crippen molar-refractivity contribution in [2.75, 3.05) is 18.4 Å².